The van der Waals surface area contributed by atoms with Crippen LogP contribution in [0.5, 0.6) is 5.75 Å². The zero-order chi connectivity index (χ0) is 13.6. The van der Waals surface area contributed by atoms with Crippen LogP contribution in [0.15, 0.2) is 18.5 Å². The molecule has 0 spiro atoms. The Morgan fingerprint density at radius 2 is 2.17 bits per heavy atom. The van der Waals surface area contributed by atoms with E-state index >= 15 is 0 Å². The van der Waals surface area contributed by atoms with E-state index in [0.29, 0.717) is 12.4 Å². The van der Waals surface area contributed by atoms with Crippen molar-refractivity contribution in [2.45, 2.75) is 38.8 Å². The van der Waals surface area contributed by atoms with Crippen LogP contribution < -0.4 is 16.0 Å². The van der Waals surface area contributed by atoms with E-state index in [1.54, 1.807) is 19.5 Å². The Morgan fingerprint density at radius 3 is 2.67 bits per heavy atom. The Hall–Kier alpha value is -1.17. The summed E-state index contributed by atoms with van der Waals surface area (Å²) in [5.41, 5.74) is 3.40. The lowest BCUT2D eigenvalue weighted by Crippen LogP contribution is -2.46. The standard InChI is InChI=1S/C13H23N3O2/c1-5-13(3,18-6-2)12(16-14)10-7-11(17-4)9-15-8-10/h7-9,12,16H,5-6,14H2,1-4H3. The first-order chi connectivity index (χ1) is 8.61. The van der Waals surface area contributed by atoms with Gasteiger partial charge in [-0.05, 0) is 31.9 Å². The molecule has 102 valence electrons. The first-order valence-corrected chi connectivity index (χ1v) is 6.20. The van der Waals surface area contributed by atoms with Crippen molar-refractivity contribution in [2.75, 3.05) is 13.7 Å². The van der Waals surface area contributed by atoms with Crippen molar-refractivity contribution in [3.05, 3.63) is 24.0 Å². The predicted octanol–water partition coefficient (Wildman–Crippen LogP) is 1.80. The molecule has 1 aromatic rings. The van der Waals surface area contributed by atoms with E-state index in [9.17, 15) is 0 Å². The quantitative estimate of drug-likeness (QED) is 0.573. The van der Waals surface area contributed by atoms with Gasteiger partial charge in [0.05, 0.1) is 24.9 Å². The van der Waals surface area contributed by atoms with Crippen molar-refractivity contribution in [3.8, 4) is 5.75 Å². The summed E-state index contributed by atoms with van der Waals surface area (Å²) in [6, 6.07) is 1.79. The summed E-state index contributed by atoms with van der Waals surface area (Å²) in [6.07, 6.45) is 4.29. The Labute approximate surface area is 109 Å². The SMILES string of the molecule is CCOC(C)(CC)C(NN)c1cncc(OC)c1. The summed E-state index contributed by atoms with van der Waals surface area (Å²) in [5.74, 6) is 6.40. The number of hydrogen-bond donors (Lipinski definition) is 2. The normalized spacial score (nSPS) is 16.1. The molecule has 0 saturated carbocycles. The fourth-order valence-electron chi connectivity index (χ4n) is 2.05. The number of nitrogens with zero attached hydrogens (tertiary/aromatic N) is 1. The van der Waals surface area contributed by atoms with Crippen LogP contribution >= 0.6 is 0 Å². The highest BCUT2D eigenvalue weighted by Crippen LogP contribution is 2.32. The Kier molecular flexibility index (Phi) is 5.53. The summed E-state index contributed by atoms with van der Waals surface area (Å²) < 4.78 is 11.0. The summed E-state index contributed by atoms with van der Waals surface area (Å²) in [7, 11) is 1.62. The molecule has 0 aliphatic heterocycles. The molecule has 2 atom stereocenters. The van der Waals surface area contributed by atoms with E-state index < -0.39 is 0 Å². The van der Waals surface area contributed by atoms with E-state index in [2.05, 4.69) is 17.3 Å². The zero-order valence-corrected chi connectivity index (χ0v) is 11.6. The predicted molar refractivity (Wildman–Crippen MR) is 71.2 cm³/mol. The molecule has 0 aromatic carbocycles. The number of ether oxygens (including phenoxy) is 2. The number of aromatic nitrogens is 1. The van der Waals surface area contributed by atoms with Gasteiger partial charge in [-0.1, -0.05) is 6.92 Å². The molecule has 1 rings (SSSR count). The minimum Gasteiger partial charge on any atom is -0.495 e. The topological polar surface area (TPSA) is 69.4 Å². The monoisotopic (exact) mass is 253 g/mol. The third-order valence-corrected chi connectivity index (χ3v) is 3.26. The van der Waals surface area contributed by atoms with Gasteiger partial charge in [0.15, 0.2) is 0 Å². The maximum atomic E-state index is 5.85. The number of hydrogen-bond acceptors (Lipinski definition) is 5. The first-order valence-electron chi connectivity index (χ1n) is 6.20. The molecule has 18 heavy (non-hydrogen) atoms. The molecule has 0 bridgehead atoms. The van der Waals surface area contributed by atoms with Crippen LogP contribution in [0.1, 0.15) is 38.8 Å². The molecule has 0 saturated heterocycles. The number of nitrogens with two attached hydrogens (primary N) is 1. The molecule has 5 nitrogen and oxygen atoms in total. The highest BCUT2D eigenvalue weighted by atomic mass is 16.5. The van der Waals surface area contributed by atoms with Gasteiger partial charge in [0.25, 0.3) is 0 Å². The van der Waals surface area contributed by atoms with Crippen LogP contribution in [0.3, 0.4) is 0 Å². The third-order valence-electron chi connectivity index (χ3n) is 3.26. The largest absolute Gasteiger partial charge is 0.495 e. The summed E-state index contributed by atoms with van der Waals surface area (Å²) in [6.45, 7) is 6.74. The van der Waals surface area contributed by atoms with Crippen LogP contribution in [0.4, 0.5) is 0 Å². The van der Waals surface area contributed by atoms with Crippen molar-refractivity contribution < 1.29 is 9.47 Å². The molecule has 0 radical (unpaired) electrons. The number of nitrogens with one attached hydrogen (secondary N) is 1. The van der Waals surface area contributed by atoms with Gasteiger partial charge in [0.2, 0.25) is 0 Å². The lowest BCUT2D eigenvalue weighted by Gasteiger charge is -2.36. The molecule has 1 heterocycles. The summed E-state index contributed by atoms with van der Waals surface area (Å²) >= 11 is 0. The van der Waals surface area contributed by atoms with E-state index in [1.807, 2.05) is 19.9 Å². The summed E-state index contributed by atoms with van der Waals surface area (Å²) in [5, 5.41) is 0. The molecule has 1 aromatic heterocycles. The van der Waals surface area contributed by atoms with E-state index in [-0.39, 0.29) is 11.6 Å². The van der Waals surface area contributed by atoms with Crippen molar-refractivity contribution in [1.82, 2.24) is 10.4 Å². The Bertz CT molecular complexity index is 373. The number of hydrazine groups is 1. The van der Waals surface area contributed by atoms with Crippen molar-refractivity contribution in [1.29, 1.82) is 0 Å². The highest BCUT2D eigenvalue weighted by Gasteiger charge is 2.34. The molecule has 0 aliphatic rings. The second kappa shape index (κ2) is 6.68. The van der Waals surface area contributed by atoms with Gasteiger partial charge in [0.1, 0.15) is 5.75 Å². The number of pyridine rings is 1. The molecule has 0 amide bonds. The van der Waals surface area contributed by atoms with Crippen molar-refractivity contribution in [3.63, 3.8) is 0 Å². The average Bonchev–Trinajstić information content (AvgIpc) is 2.40. The molecular weight excluding hydrogens is 230 g/mol. The van der Waals surface area contributed by atoms with Gasteiger partial charge in [0, 0.05) is 12.8 Å². The van der Waals surface area contributed by atoms with Gasteiger partial charge in [-0.25, -0.2) is 0 Å². The minimum absolute atomic E-state index is 0.134. The minimum atomic E-state index is -0.377. The van der Waals surface area contributed by atoms with Gasteiger partial charge < -0.3 is 9.47 Å². The molecule has 3 N–H and O–H groups in total. The van der Waals surface area contributed by atoms with Gasteiger partial charge in [-0.3, -0.25) is 16.3 Å². The van der Waals surface area contributed by atoms with Crippen LogP contribution in [0.2, 0.25) is 0 Å². The van der Waals surface area contributed by atoms with Gasteiger partial charge >= 0.3 is 0 Å². The second-order valence-electron chi connectivity index (χ2n) is 4.36. The molecule has 2 unspecified atom stereocenters. The fraction of sp³-hybridized carbons (Fsp3) is 0.615. The number of methoxy groups -OCH3 is 1. The fourth-order valence-corrected chi connectivity index (χ4v) is 2.05. The molecule has 0 aliphatic carbocycles. The number of rotatable bonds is 7. The van der Waals surface area contributed by atoms with Crippen LogP contribution in [-0.4, -0.2) is 24.3 Å². The average molecular weight is 253 g/mol. The smallest absolute Gasteiger partial charge is 0.137 e. The van der Waals surface area contributed by atoms with Crippen LogP contribution in [0.25, 0.3) is 0 Å². The van der Waals surface area contributed by atoms with E-state index in [4.69, 9.17) is 15.3 Å². The maximum Gasteiger partial charge on any atom is 0.137 e. The third kappa shape index (κ3) is 3.19. The van der Waals surface area contributed by atoms with E-state index in [0.717, 1.165) is 12.0 Å². The van der Waals surface area contributed by atoms with Crippen LogP contribution in [0, 0.1) is 0 Å². The molecule has 5 heteroatoms. The second-order valence-corrected chi connectivity index (χ2v) is 4.36. The lowest BCUT2D eigenvalue weighted by atomic mass is 9.89. The van der Waals surface area contributed by atoms with Crippen molar-refractivity contribution in [2.24, 2.45) is 5.84 Å². The Morgan fingerprint density at radius 1 is 1.44 bits per heavy atom. The van der Waals surface area contributed by atoms with Crippen molar-refractivity contribution >= 4 is 0 Å². The van der Waals surface area contributed by atoms with Crippen LogP contribution in [-0.2, 0) is 4.74 Å². The van der Waals surface area contributed by atoms with Gasteiger partial charge in [-0.2, -0.15) is 0 Å². The molecule has 0 fully saturated rings. The maximum absolute atomic E-state index is 5.85. The Balaban J connectivity index is 3.06. The van der Waals surface area contributed by atoms with Gasteiger partial charge in [-0.15, -0.1) is 0 Å². The highest BCUT2D eigenvalue weighted by molar-refractivity contribution is 5.27. The molecular formula is C13H23N3O2. The lowest BCUT2D eigenvalue weighted by molar-refractivity contribution is -0.0565. The summed E-state index contributed by atoms with van der Waals surface area (Å²) in [4.78, 5) is 4.16. The van der Waals surface area contributed by atoms with E-state index in [1.165, 1.54) is 0 Å². The first kappa shape index (κ1) is 14.9. The zero-order valence-electron chi connectivity index (χ0n) is 11.6.